The third-order valence-electron chi connectivity index (χ3n) is 1.79. The number of nitro groups is 2. The van der Waals surface area contributed by atoms with Crippen LogP contribution in [-0.2, 0) is 0 Å². The monoisotopic (exact) mass is 224 g/mol. The Balaban J connectivity index is 3.12. The second-order valence-corrected chi connectivity index (χ2v) is 2.79. The van der Waals surface area contributed by atoms with E-state index in [1.807, 2.05) is 0 Å². The van der Waals surface area contributed by atoms with E-state index < -0.39 is 9.85 Å². The molecule has 0 aliphatic heterocycles. The SMILES string of the molecule is COc1ccc(C=C[N+](=O)[O-])cc1[N+](=O)[O-]. The molecule has 0 aliphatic carbocycles. The van der Waals surface area contributed by atoms with Crippen molar-refractivity contribution in [2.75, 3.05) is 7.11 Å². The molecule has 1 aromatic carbocycles. The molecule has 7 nitrogen and oxygen atoms in total. The van der Waals surface area contributed by atoms with Crippen molar-refractivity contribution >= 4 is 11.8 Å². The summed E-state index contributed by atoms with van der Waals surface area (Å²) in [6.07, 6.45) is 1.89. The smallest absolute Gasteiger partial charge is 0.311 e. The molecule has 0 heterocycles. The lowest BCUT2D eigenvalue weighted by Crippen LogP contribution is -1.94. The summed E-state index contributed by atoms with van der Waals surface area (Å²) >= 11 is 0. The van der Waals surface area contributed by atoms with E-state index in [-0.39, 0.29) is 11.4 Å². The molecule has 0 bridgehead atoms. The lowest BCUT2D eigenvalue weighted by molar-refractivity contribution is -0.400. The van der Waals surface area contributed by atoms with Gasteiger partial charge in [-0.2, -0.15) is 0 Å². The fraction of sp³-hybridized carbons (Fsp3) is 0.111. The Morgan fingerprint density at radius 1 is 1.31 bits per heavy atom. The Labute approximate surface area is 90.3 Å². The van der Waals surface area contributed by atoms with Gasteiger partial charge in [0.25, 0.3) is 0 Å². The highest BCUT2D eigenvalue weighted by molar-refractivity contribution is 5.58. The average Bonchev–Trinajstić information content (AvgIpc) is 2.25. The summed E-state index contributed by atoms with van der Waals surface area (Å²) in [5, 5.41) is 20.7. The maximum atomic E-state index is 10.6. The van der Waals surface area contributed by atoms with Gasteiger partial charge in [-0.1, -0.05) is 6.07 Å². The second-order valence-electron chi connectivity index (χ2n) is 2.79. The first-order valence-corrected chi connectivity index (χ1v) is 4.18. The van der Waals surface area contributed by atoms with Gasteiger partial charge in [0.05, 0.1) is 17.0 Å². The average molecular weight is 224 g/mol. The minimum Gasteiger partial charge on any atom is -0.490 e. The molecule has 0 amide bonds. The van der Waals surface area contributed by atoms with E-state index in [2.05, 4.69) is 0 Å². The maximum Gasteiger partial charge on any atom is 0.311 e. The Bertz CT molecular complexity index is 455. The lowest BCUT2D eigenvalue weighted by atomic mass is 10.2. The van der Waals surface area contributed by atoms with Gasteiger partial charge in [-0.25, -0.2) is 0 Å². The molecule has 0 atom stereocenters. The summed E-state index contributed by atoms with van der Waals surface area (Å²) in [5.74, 6) is 0.114. The largest absolute Gasteiger partial charge is 0.490 e. The van der Waals surface area contributed by atoms with Crippen LogP contribution in [0.1, 0.15) is 5.56 Å². The molecule has 0 N–H and O–H groups in total. The molecule has 0 aromatic heterocycles. The van der Waals surface area contributed by atoms with Crippen molar-refractivity contribution in [2.24, 2.45) is 0 Å². The number of benzene rings is 1. The van der Waals surface area contributed by atoms with Crippen LogP contribution in [-0.4, -0.2) is 17.0 Å². The molecular weight excluding hydrogens is 216 g/mol. The topological polar surface area (TPSA) is 95.5 Å². The standard InChI is InChI=1S/C9H8N2O5/c1-16-9-3-2-7(4-5-10(12)13)6-8(9)11(14)15/h2-6H,1H3. The molecular formula is C9H8N2O5. The van der Waals surface area contributed by atoms with Gasteiger partial charge >= 0.3 is 5.69 Å². The molecule has 0 fully saturated rings. The number of methoxy groups -OCH3 is 1. The first-order valence-electron chi connectivity index (χ1n) is 4.18. The number of nitrogens with zero attached hydrogens (tertiary/aromatic N) is 2. The van der Waals surface area contributed by atoms with E-state index >= 15 is 0 Å². The van der Waals surface area contributed by atoms with Crippen LogP contribution in [0, 0.1) is 20.2 Å². The van der Waals surface area contributed by atoms with Crippen molar-refractivity contribution in [3.05, 3.63) is 50.2 Å². The van der Waals surface area contributed by atoms with Crippen LogP contribution in [0.4, 0.5) is 5.69 Å². The zero-order valence-corrected chi connectivity index (χ0v) is 8.32. The maximum absolute atomic E-state index is 10.6. The first kappa shape index (κ1) is 11.6. The highest BCUT2D eigenvalue weighted by Gasteiger charge is 2.14. The number of hydrogen-bond donors (Lipinski definition) is 0. The molecule has 0 aliphatic rings. The van der Waals surface area contributed by atoms with Gasteiger partial charge in [0.15, 0.2) is 5.75 Å². The molecule has 0 saturated carbocycles. The van der Waals surface area contributed by atoms with Gasteiger partial charge in [-0.15, -0.1) is 0 Å². The summed E-state index contributed by atoms with van der Waals surface area (Å²) in [4.78, 5) is 19.5. The van der Waals surface area contributed by atoms with Gasteiger partial charge in [0, 0.05) is 12.1 Å². The Kier molecular flexibility index (Phi) is 3.54. The molecule has 0 unspecified atom stereocenters. The quantitative estimate of drug-likeness (QED) is 0.574. The van der Waals surface area contributed by atoms with Gasteiger partial charge in [0.1, 0.15) is 0 Å². The number of ether oxygens (including phenoxy) is 1. The van der Waals surface area contributed by atoms with E-state index in [0.717, 1.165) is 0 Å². The predicted octanol–water partition coefficient (Wildman–Crippen LogP) is 1.85. The molecule has 0 radical (unpaired) electrons. The number of nitro benzene ring substituents is 1. The number of rotatable bonds is 4. The van der Waals surface area contributed by atoms with Gasteiger partial charge in [0.2, 0.25) is 6.20 Å². The van der Waals surface area contributed by atoms with Crippen molar-refractivity contribution < 1.29 is 14.6 Å². The second kappa shape index (κ2) is 4.87. The Morgan fingerprint density at radius 3 is 2.50 bits per heavy atom. The van der Waals surface area contributed by atoms with E-state index in [9.17, 15) is 20.2 Å². The van der Waals surface area contributed by atoms with E-state index in [1.165, 1.54) is 31.4 Å². The molecule has 0 saturated heterocycles. The summed E-state index contributed by atoms with van der Waals surface area (Å²) in [6.45, 7) is 0. The zero-order chi connectivity index (χ0) is 12.1. The van der Waals surface area contributed by atoms with Gasteiger partial charge in [-0.3, -0.25) is 20.2 Å². The normalized spacial score (nSPS) is 10.3. The highest BCUT2D eigenvalue weighted by Crippen LogP contribution is 2.27. The summed E-state index contributed by atoms with van der Waals surface area (Å²) in [5.41, 5.74) is 0.136. The van der Waals surface area contributed by atoms with Crippen molar-refractivity contribution in [1.82, 2.24) is 0 Å². The summed E-state index contributed by atoms with van der Waals surface area (Å²) < 4.78 is 4.79. The van der Waals surface area contributed by atoms with Gasteiger partial charge in [-0.05, 0) is 11.6 Å². The summed E-state index contributed by atoms with van der Waals surface area (Å²) in [6, 6.07) is 4.09. The molecule has 1 aromatic rings. The molecule has 1 rings (SSSR count). The van der Waals surface area contributed by atoms with Gasteiger partial charge < -0.3 is 4.74 Å². The van der Waals surface area contributed by atoms with Crippen LogP contribution in [0.2, 0.25) is 0 Å². The predicted molar refractivity (Wildman–Crippen MR) is 55.7 cm³/mol. The van der Waals surface area contributed by atoms with Crippen LogP contribution in [0.25, 0.3) is 6.08 Å². The fourth-order valence-corrected chi connectivity index (χ4v) is 1.10. The van der Waals surface area contributed by atoms with E-state index in [4.69, 9.17) is 4.74 Å². The van der Waals surface area contributed by atoms with Crippen LogP contribution in [0.5, 0.6) is 5.75 Å². The van der Waals surface area contributed by atoms with Crippen molar-refractivity contribution in [1.29, 1.82) is 0 Å². The van der Waals surface area contributed by atoms with E-state index in [0.29, 0.717) is 11.8 Å². The highest BCUT2D eigenvalue weighted by atomic mass is 16.6. The van der Waals surface area contributed by atoms with Crippen molar-refractivity contribution in [2.45, 2.75) is 0 Å². The Morgan fingerprint density at radius 2 is 2.00 bits per heavy atom. The van der Waals surface area contributed by atoms with Crippen LogP contribution in [0.15, 0.2) is 24.4 Å². The van der Waals surface area contributed by atoms with Crippen molar-refractivity contribution in [3.8, 4) is 5.75 Å². The molecule has 16 heavy (non-hydrogen) atoms. The fourth-order valence-electron chi connectivity index (χ4n) is 1.10. The molecule has 0 spiro atoms. The minimum absolute atomic E-state index is 0.114. The van der Waals surface area contributed by atoms with Crippen LogP contribution < -0.4 is 4.74 Å². The van der Waals surface area contributed by atoms with Crippen LogP contribution >= 0.6 is 0 Å². The zero-order valence-electron chi connectivity index (χ0n) is 8.32. The van der Waals surface area contributed by atoms with Crippen molar-refractivity contribution in [3.63, 3.8) is 0 Å². The molecule has 7 heteroatoms. The lowest BCUT2D eigenvalue weighted by Gasteiger charge is -2.01. The first-order chi connectivity index (χ1) is 7.54. The third-order valence-corrected chi connectivity index (χ3v) is 1.79. The number of hydrogen-bond acceptors (Lipinski definition) is 5. The summed E-state index contributed by atoms with van der Waals surface area (Å²) in [7, 11) is 1.31. The third kappa shape index (κ3) is 2.77. The minimum atomic E-state index is -0.643. The van der Waals surface area contributed by atoms with E-state index in [1.54, 1.807) is 0 Å². The van der Waals surface area contributed by atoms with Crippen LogP contribution in [0.3, 0.4) is 0 Å². The molecule has 84 valence electrons. The Hall–Kier alpha value is -2.44.